The highest BCUT2D eigenvalue weighted by Gasteiger charge is 2.23. The quantitative estimate of drug-likeness (QED) is 0.395. The first kappa shape index (κ1) is 24.0. The van der Waals surface area contributed by atoms with Crippen LogP contribution in [-0.2, 0) is 17.9 Å². The van der Waals surface area contributed by atoms with Crippen molar-refractivity contribution >= 4 is 23.5 Å². The molecular formula is C28H23N5O3. The van der Waals surface area contributed by atoms with Crippen LogP contribution in [-0.4, -0.2) is 15.5 Å². The van der Waals surface area contributed by atoms with Gasteiger partial charge in [0.15, 0.2) is 5.69 Å². The van der Waals surface area contributed by atoms with Gasteiger partial charge in [-0.2, -0.15) is 5.26 Å². The Hall–Kier alpha value is -5.16. The van der Waals surface area contributed by atoms with Gasteiger partial charge in [-0.1, -0.05) is 72.8 Å². The highest BCUT2D eigenvalue weighted by atomic mass is 16.2. The molecule has 178 valence electrons. The Labute approximate surface area is 207 Å². The van der Waals surface area contributed by atoms with Gasteiger partial charge in [0.2, 0.25) is 0 Å². The molecule has 0 radical (unpaired) electrons. The lowest BCUT2D eigenvalue weighted by atomic mass is 10.1. The monoisotopic (exact) mass is 477 g/mol. The molecule has 1 heterocycles. The largest absolute Gasteiger partial charge is 0.383 e. The molecular weight excluding hydrogens is 454 g/mol. The van der Waals surface area contributed by atoms with Crippen LogP contribution in [0.1, 0.15) is 22.3 Å². The number of benzene rings is 3. The molecule has 4 aromatic rings. The van der Waals surface area contributed by atoms with Crippen molar-refractivity contribution in [1.82, 2.24) is 9.55 Å². The summed E-state index contributed by atoms with van der Waals surface area (Å²) in [5.41, 5.74) is 7.63. The van der Waals surface area contributed by atoms with Gasteiger partial charge < -0.3 is 5.73 Å². The summed E-state index contributed by atoms with van der Waals surface area (Å²) in [6.07, 6.45) is 2.92. The Morgan fingerprint density at radius 1 is 0.944 bits per heavy atom. The number of nitrogens with two attached hydrogens (primary N) is 1. The van der Waals surface area contributed by atoms with Crippen LogP contribution in [0.25, 0.3) is 6.08 Å². The molecule has 0 saturated carbocycles. The van der Waals surface area contributed by atoms with Crippen molar-refractivity contribution < 1.29 is 4.79 Å². The molecule has 4 rings (SSSR count). The molecule has 1 aromatic heterocycles. The van der Waals surface area contributed by atoms with Gasteiger partial charge in [0.1, 0.15) is 5.82 Å². The lowest BCUT2D eigenvalue weighted by molar-refractivity contribution is -0.114. The molecule has 3 aromatic carbocycles. The maximum atomic E-state index is 13.4. The van der Waals surface area contributed by atoms with Crippen LogP contribution in [0.3, 0.4) is 0 Å². The first-order valence-corrected chi connectivity index (χ1v) is 11.2. The van der Waals surface area contributed by atoms with E-state index < -0.39 is 17.2 Å². The number of carbonyl (C=O) groups excluding carboxylic acids is 1. The van der Waals surface area contributed by atoms with E-state index >= 15 is 0 Å². The van der Waals surface area contributed by atoms with Gasteiger partial charge in [-0.3, -0.25) is 24.0 Å². The third kappa shape index (κ3) is 5.48. The number of rotatable bonds is 7. The molecule has 8 heteroatoms. The van der Waals surface area contributed by atoms with Crippen LogP contribution in [0.5, 0.6) is 0 Å². The number of H-pyrrole nitrogens is 1. The Morgan fingerprint density at radius 2 is 1.56 bits per heavy atom. The number of hydrogen-bond acceptors (Lipinski definition) is 5. The summed E-state index contributed by atoms with van der Waals surface area (Å²) in [6.45, 7) is 0.192. The number of aromatic nitrogens is 2. The third-order valence-electron chi connectivity index (χ3n) is 5.58. The predicted molar refractivity (Wildman–Crippen MR) is 139 cm³/mol. The van der Waals surface area contributed by atoms with E-state index in [1.165, 1.54) is 15.5 Å². The minimum atomic E-state index is -0.752. The van der Waals surface area contributed by atoms with Crippen LogP contribution < -0.4 is 21.9 Å². The predicted octanol–water partition coefficient (Wildman–Crippen LogP) is 3.29. The van der Waals surface area contributed by atoms with Crippen molar-refractivity contribution in [3.05, 3.63) is 134 Å². The maximum Gasteiger partial charge on any atom is 0.330 e. The van der Waals surface area contributed by atoms with Gasteiger partial charge in [-0.15, -0.1) is 0 Å². The normalized spacial score (nSPS) is 10.8. The van der Waals surface area contributed by atoms with Gasteiger partial charge in [0.25, 0.3) is 11.5 Å². The molecule has 0 aliphatic rings. The minimum Gasteiger partial charge on any atom is -0.383 e. The zero-order valence-corrected chi connectivity index (χ0v) is 19.3. The van der Waals surface area contributed by atoms with E-state index in [2.05, 4.69) is 4.98 Å². The molecule has 8 nitrogen and oxygen atoms in total. The minimum absolute atomic E-state index is 0.0637. The van der Waals surface area contributed by atoms with Crippen LogP contribution >= 0.6 is 0 Å². The summed E-state index contributed by atoms with van der Waals surface area (Å²) in [5.74, 6) is -0.603. The molecule has 1 amide bonds. The second-order valence-electron chi connectivity index (χ2n) is 8.04. The average molecular weight is 478 g/mol. The Kier molecular flexibility index (Phi) is 7.22. The zero-order chi connectivity index (χ0) is 25.5. The molecule has 0 aliphatic heterocycles. The molecule has 0 bridgehead atoms. The second-order valence-corrected chi connectivity index (χ2v) is 8.04. The molecule has 0 aliphatic carbocycles. The summed E-state index contributed by atoms with van der Waals surface area (Å²) < 4.78 is 1.24. The first-order chi connectivity index (χ1) is 17.5. The van der Waals surface area contributed by atoms with E-state index in [9.17, 15) is 14.4 Å². The summed E-state index contributed by atoms with van der Waals surface area (Å²) in [4.78, 5) is 42.5. The Balaban J connectivity index is 1.76. The summed E-state index contributed by atoms with van der Waals surface area (Å²) >= 11 is 0. The van der Waals surface area contributed by atoms with Crippen LogP contribution in [0.4, 0.5) is 11.5 Å². The molecule has 0 atom stereocenters. The molecule has 0 unspecified atom stereocenters. The summed E-state index contributed by atoms with van der Waals surface area (Å²) in [5, 5.41) is 8.98. The van der Waals surface area contributed by atoms with Crippen molar-refractivity contribution in [2.45, 2.75) is 13.1 Å². The van der Waals surface area contributed by atoms with Gasteiger partial charge in [0, 0.05) is 6.08 Å². The highest BCUT2D eigenvalue weighted by molar-refractivity contribution is 6.05. The van der Waals surface area contributed by atoms with Gasteiger partial charge >= 0.3 is 5.69 Å². The smallest absolute Gasteiger partial charge is 0.330 e. The number of nitriles is 1. The first-order valence-electron chi connectivity index (χ1n) is 11.2. The van der Waals surface area contributed by atoms with Crippen LogP contribution in [0.2, 0.25) is 0 Å². The fourth-order valence-corrected chi connectivity index (χ4v) is 3.72. The van der Waals surface area contributed by atoms with Crippen molar-refractivity contribution in [1.29, 1.82) is 5.26 Å². The Bertz CT molecular complexity index is 1550. The lowest BCUT2D eigenvalue weighted by Crippen LogP contribution is -2.40. The average Bonchev–Trinajstić information content (AvgIpc) is 2.90. The zero-order valence-electron chi connectivity index (χ0n) is 19.3. The molecule has 3 N–H and O–H groups in total. The van der Waals surface area contributed by atoms with Crippen LogP contribution in [0, 0.1) is 11.3 Å². The van der Waals surface area contributed by atoms with E-state index in [0.717, 1.165) is 11.1 Å². The van der Waals surface area contributed by atoms with E-state index in [1.54, 1.807) is 30.3 Å². The topological polar surface area (TPSA) is 125 Å². The number of hydrogen-bond donors (Lipinski definition) is 2. The van der Waals surface area contributed by atoms with Gasteiger partial charge in [-0.05, 0) is 34.9 Å². The highest BCUT2D eigenvalue weighted by Crippen LogP contribution is 2.21. The van der Waals surface area contributed by atoms with E-state index in [0.29, 0.717) is 11.1 Å². The molecule has 0 saturated heterocycles. The maximum absolute atomic E-state index is 13.4. The number of carbonyl (C=O) groups is 1. The number of nitrogens with zero attached hydrogens (tertiary/aromatic N) is 3. The summed E-state index contributed by atoms with van der Waals surface area (Å²) in [6, 6.07) is 27.1. The number of aromatic amines is 1. The SMILES string of the molecule is N#Cc1ccc(/C=C/C(=O)N(Cc2ccccc2)c2c(N)n(Cc3ccccc3)c(=O)[nH]c2=O)cc1. The number of nitrogen functional groups attached to an aromatic ring is 1. The molecule has 0 fully saturated rings. The number of amides is 1. The molecule has 36 heavy (non-hydrogen) atoms. The summed E-state index contributed by atoms with van der Waals surface area (Å²) in [7, 11) is 0. The fourth-order valence-electron chi connectivity index (χ4n) is 3.72. The van der Waals surface area contributed by atoms with Crippen LogP contribution in [0.15, 0.2) is 101 Å². The van der Waals surface area contributed by atoms with Crippen molar-refractivity contribution in [3.8, 4) is 6.07 Å². The van der Waals surface area contributed by atoms with Crippen molar-refractivity contribution in [2.24, 2.45) is 0 Å². The second kappa shape index (κ2) is 10.8. The molecule has 0 spiro atoms. The number of anilines is 2. The van der Waals surface area contributed by atoms with Crippen molar-refractivity contribution in [3.63, 3.8) is 0 Å². The number of nitrogens with one attached hydrogen (secondary N) is 1. The fraction of sp³-hybridized carbons (Fsp3) is 0.0714. The lowest BCUT2D eigenvalue weighted by Gasteiger charge is -2.23. The Morgan fingerprint density at radius 3 is 2.17 bits per heavy atom. The third-order valence-corrected chi connectivity index (χ3v) is 5.58. The van der Waals surface area contributed by atoms with Gasteiger partial charge in [-0.25, -0.2) is 4.79 Å². The standard InChI is InChI=1S/C28H23N5O3/c29-17-21-13-11-20(12-14-21)15-16-24(34)32(18-22-7-3-1-4-8-22)25-26(30)33(28(36)31-27(25)35)19-23-9-5-2-6-10-23/h1-16H,18-19,30H2,(H,31,35,36)/b16-15+. The van der Waals surface area contributed by atoms with Crippen molar-refractivity contribution in [2.75, 3.05) is 10.6 Å². The van der Waals surface area contributed by atoms with Gasteiger partial charge in [0.05, 0.1) is 24.7 Å². The van der Waals surface area contributed by atoms with E-state index in [-0.39, 0.29) is 24.6 Å². The van der Waals surface area contributed by atoms with E-state index in [4.69, 9.17) is 11.0 Å². The van der Waals surface area contributed by atoms with E-state index in [1.807, 2.05) is 66.7 Å².